The van der Waals surface area contributed by atoms with Crippen LogP contribution in [0, 0.1) is 0 Å². The Kier molecular flexibility index (Phi) is 4.17. The number of thioether (sulfide) groups is 1. The van der Waals surface area contributed by atoms with Crippen LogP contribution in [0.3, 0.4) is 0 Å². The van der Waals surface area contributed by atoms with Gasteiger partial charge in [0, 0.05) is 4.90 Å². The standard InChI is InChI=1S/C13H13N3S2/c1-18-11-7-3-2-5-9(11)15-12-8-4-6-10(16-12)13(14)17/h2-8H,1H3,(H2,14,17)(H,15,16). The molecule has 0 aliphatic rings. The molecule has 0 aliphatic heterocycles. The topological polar surface area (TPSA) is 50.9 Å². The van der Waals surface area contributed by atoms with Crippen LogP contribution in [0.2, 0.25) is 0 Å². The van der Waals surface area contributed by atoms with Gasteiger partial charge in [-0.1, -0.05) is 30.4 Å². The Balaban J connectivity index is 2.28. The number of hydrogen-bond acceptors (Lipinski definition) is 4. The molecule has 0 unspecified atom stereocenters. The number of anilines is 2. The van der Waals surface area contributed by atoms with E-state index in [2.05, 4.69) is 16.4 Å². The van der Waals surface area contributed by atoms with Gasteiger partial charge < -0.3 is 11.1 Å². The summed E-state index contributed by atoms with van der Waals surface area (Å²) in [5, 5.41) is 3.27. The fourth-order valence-corrected chi connectivity index (χ4v) is 2.19. The highest BCUT2D eigenvalue weighted by atomic mass is 32.2. The van der Waals surface area contributed by atoms with E-state index in [-0.39, 0.29) is 0 Å². The Bertz CT molecular complexity index is 570. The van der Waals surface area contributed by atoms with Gasteiger partial charge in [-0.3, -0.25) is 0 Å². The Labute approximate surface area is 116 Å². The largest absolute Gasteiger partial charge is 0.388 e. The van der Waals surface area contributed by atoms with Crippen molar-refractivity contribution in [3.8, 4) is 0 Å². The second kappa shape index (κ2) is 5.84. The Morgan fingerprint density at radius 1 is 1.22 bits per heavy atom. The molecule has 2 aromatic rings. The molecule has 0 aliphatic carbocycles. The summed E-state index contributed by atoms with van der Waals surface area (Å²) in [6.07, 6.45) is 2.04. The first-order valence-electron chi connectivity index (χ1n) is 5.37. The SMILES string of the molecule is CSc1ccccc1Nc1cccc(C(N)=S)n1. The molecule has 3 N–H and O–H groups in total. The Morgan fingerprint density at radius 3 is 2.72 bits per heavy atom. The molecule has 1 aromatic carbocycles. The number of rotatable bonds is 4. The number of benzene rings is 1. The van der Waals surface area contributed by atoms with Crippen molar-refractivity contribution in [2.45, 2.75) is 4.90 Å². The summed E-state index contributed by atoms with van der Waals surface area (Å²) in [5.74, 6) is 0.738. The molecular weight excluding hydrogens is 262 g/mol. The molecule has 92 valence electrons. The number of nitrogens with zero attached hydrogens (tertiary/aromatic N) is 1. The van der Waals surface area contributed by atoms with Crippen molar-refractivity contribution in [3.63, 3.8) is 0 Å². The van der Waals surface area contributed by atoms with E-state index < -0.39 is 0 Å². The van der Waals surface area contributed by atoms with Gasteiger partial charge in [-0.25, -0.2) is 4.98 Å². The maximum absolute atomic E-state index is 5.57. The number of pyridine rings is 1. The van der Waals surface area contributed by atoms with Crippen LogP contribution in [0.25, 0.3) is 0 Å². The van der Waals surface area contributed by atoms with E-state index in [1.165, 1.54) is 4.90 Å². The number of nitrogens with one attached hydrogen (secondary N) is 1. The fourth-order valence-electron chi connectivity index (χ4n) is 1.53. The number of nitrogens with two attached hydrogens (primary N) is 1. The summed E-state index contributed by atoms with van der Waals surface area (Å²) in [6, 6.07) is 13.6. The Morgan fingerprint density at radius 2 is 2.00 bits per heavy atom. The number of para-hydroxylation sites is 1. The lowest BCUT2D eigenvalue weighted by atomic mass is 10.3. The minimum Gasteiger partial charge on any atom is -0.388 e. The molecule has 0 bridgehead atoms. The summed E-state index contributed by atoms with van der Waals surface area (Å²) in [7, 11) is 0. The maximum atomic E-state index is 5.57. The lowest BCUT2D eigenvalue weighted by Crippen LogP contribution is -2.12. The highest BCUT2D eigenvalue weighted by Crippen LogP contribution is 2.26. The second-order valence-electron chi connectivity index (χ2n) is 3.60. The lowest BCUT2D eigenvalue weighted by Gasteiger charge is -2.10. The summed E-state index contributed by atoms with van der Waals surface area (Å²) < 4.78 is 0. The molecule has 1 heterocycles. The zero-order chi connectivity index (χ0) is 13.0. The van der Waals surface area contributed by atoms with Gasteiger partial charge >= 0.3 is 0 Å². The van der Waals surface area contributed by atoms with Crippen molar-refractivity contribution in [3.05, 3.63) is 48.2 Å². The van der Waals surface area contributed by atoms with Crippen LogP contribution in [0.4, 0.5) is 11.5 Å². The quantitative estimate of drug-likeness (QED) is 0.663. The first-order valence-corrected chi connectivity index (χ1v) is 7.01. The summed E-state index contributed by atoms with van der Waals surface area (Å²) in [4.78, 5) is 5.83. The molecule has 0 atom stereocenters. The van der Waals surface area contributed by atoms with E-state index in [0.717, 1.165) is 11.5 Å². The zero-order valence-corrected chi connectivity index (χ0v) is 11.5. The smallest absolute Gasteiger partial charge is 0.131 e. The molecular formula is C13H13N3S2. The van der Waals surface area contributed by atoms with E-state index >= 15 is 0 Å². The minimum atomic E-state index is 0.303. The van der Waals surface area contributed by atoms with Crippen LogP contribution in [0.5, 0.6) is 0 Å². The van der Waals surface area contributed by atoms with Crippen molar-refractivity contribution in [2.24, 2.45) is 5.73 Å². The van der Waals surface area contributed by atoms with Crippen LogP contribution >= 0.6 is 24.0 Å². The minimum absolute atomic E-state index is 0.303. The van der Waals surface area contributed by atoms with Crippen LogP contribution < -0.4 is 11.1 Å². The van der Waals surface area contributed by atoms with Gasteiger partial charge in [-0.05, 0) is 30.5 Å². The summed E-state index contributed by atoms with van der Waals surface area (Å²) >= 11 is 6.60. The third-order valence-electron chi connectivity index (χ3n) is 2.37. The van der Waals surface area contributed by atoms with Crippen LogP contribution in [-0.4, -0.2) is 16.2 Å². The predicted molar refractivity (Wildman–Crippen MR) is 81.6 cm³/mol. The molecule has 0 spiro atoms. The second-order valence-corrected chi connectivity index (χ2v) is 4.89. The molecule has 0 saturated carbocycles. The third kappa shape index (κ3) is 3.00. The van der Waals surface area contributed by atoms with Crippen molar-refractivity contribution < 1.29 is 0 Å². The van der Waals surface area contributed by atoms with Gasteiger partial charge in [0.05, 0.1) is 11.4 Å². The molecule has 18 heavy (non-hydrogen) atoms. The van der Waals surface area contributed by atoms with Gasteiger partial charge in [0.2, 0.25) is 0 Å². The first-order chi connectivity index (χ1) is 8.70. The van der Waals surface area contributed by atoms with Gasteiger partial charge in [-0.15, -0.1) is 11.8 Å². The van der Waals surface area contributed by atoms with Crippen LogP contribution in [0.15, 0.2) is 47.4 Å². The third-order valence-corrected chi connectivity index (χ3v) is 3.38. The lowest BCUT2D eigenvalue weighted by molar-refractivity contribution is 1.26. The zero-order valence-electron chi connectivity index (χ0n) is 9.88. The Hall–Kier alpha value is -1.59. The molecule has 1 aromatic heterocycles. The van der Waals surface area contributed by atoms with Crippen LogP contribution in [0.1, 0.15) is 5.69 Å². The maximum Gasteiger partial charge on any atom is 0.131 e. The summed E-state index contributed by atoms with van der Waals surface area (Å²) in [5.41, 5.74) is 7.22. The highest BCUT2D eigenvalue weighted by molar-refractivity contribution is 7.98. The highest BCUT2D eigenvalue weighted by Gasteiger charge is 2.03. The predicted octanol–water partition coefficient (Wildman–Crippen LogP) is 3.18. The molecule has 3 nitrogen and oxygen atoms in total. The number of aromatic nitrogens is 1. The normalized spacial score (nSPS) is 10.1. The van der Waals surface area contributed by atoms with Gasteiger partial charge in [0.1, 0.15) is 10.8 Å². The van der Waals surface area contributed by atoms with Gasteiger partial charge in [-0.2, -0.15) is 0 Å². The van der Waals surface area contributed by atoms with Crippen molar-refractivity contribution in [1.29, 1.82) is 0 Å². The molecule has 0 radical (unpaired) electrons. The number of thiocarbonyl (C=S) groups is 1. The molecule has 5 heteroatoms. The van der Waals surface area contributed by atoms with E-state index in [0.29, 0.717) is 10.7 Å². The molecule has 0 fully saturated rings. The van der Waals surface area contributed by atoms with Gasteiger partial charge in [0.25, 0.3) is 0 Å². The monoisotopic (exact) mass is 275 g/mol. The first kappa shape index (κ1) is 12.9. The average Bonchev–Trinajstić information content (AvgIpc) is 2.39. The van der Waals surface area contributed by atoms with E-state index in [4.69, 9.17) is 18.0 Å². The van der Waals surface area contributed by atoms with Crippen molar-refractivity contribution in [2.75, 3.05) is 11.6 Å². The average molecular weight is 275 g/mol. The number of hydrogen-bond donors (Lipinski definition) is 2. The summed E-state index contributed by atoms with van der Waals surface area (Å²) in [6.45, 7) is 0. The van der Waals surface area contributed by atoms with Crippen LogP contribution in [-0.2, 0) is 0 Å². The van der Waals surface area contributed by atoms with E-state index in [1.54, 1.807) is 17.8 Å². The molecule has 2 rings (SSSR count). The molecule has 0 saturated heterocycles. The van der Waals surface area contributed by atoms with Crippen molar-refractivity contribution in [1.82, 2.24) is 4.98 Å². The van der Waals surface area contributed by atoms with Gasteiger partial charge in [0.15, 0.2) is 0 Å². The molecule has 0 amide bonds. The fraction of sp³-hybridized carbons (Fsp3) is 0.0769. The van der Waals surface area contributed by atoms with Crippen molar-refractivity contribution >= 4 is 40.5 Å². The van der Waals surface area contributed by atoms with E-state index in [1.807, 2.05) is 36.6 Å². The van der Waals surface area contributed by atoms with E-state index in [9.17, 15) is 0 Å².